The molecule has 142 valence electrons. The van der Waals surface area contributed by atoms with Gasteiger partial charge in [0.1, 0.15) is 5.54 Å². The number of fused-ring (bicyclic) bond motifs is 1. The summed E-state index contributed by atoms with van der Waals surface area (Å²) in [6, 6.07) is 19.7. The van der Waals surface area contributed by atoms with Crippen LogP contribution in [0.1, 0.15) is 24.2 Å². The van der Waals surface area contributed by atoms with E-state index >= 15 is 0 Å². The molecule has 28 heavy (non-hydrogen) atoms. The van der Waals surface area contributed by atoms with E-state index in [1.165, 1.54) is 0 Å². The summed E-state index contributed by atoms with van der Waals surface area (Å²) in [5, 5.41) is 15.9. The molecule has 0 saturated carbocycles. The van der Waals surface area contributed by atoms with Gasteiger partial charge in [-0.3, -0.25) is 9.69 Å². The number of urea groups is 1. The minimum atomic E-state index is -1.18. The molecule has 6 heteroatoms. The van der Waals surface area contributed by atoms with Crippen LogP contribution in [0.4, 0.5) is 4.79 Å². The van der Waals surface area contributed by atoms with Gasteiger partial charge in [0, 0.05) is 5.02 Å². The molecule has 2 N–H and O–H groups in total. The third-order valence-electron chi connectivity index (χ3n) is 5.21. The molecule has 0 bridgehead atoms. The molecule has 3 aromatic rings. The number of nitrogens with zero attached hydrogens (tertiary/aromatic N) is 1. The van der Waals surface area contributed by atoms with Crippen LogP contribution in [0.2, 0.25) is 5.02 Å². The zero-order valence-corrected chi connectivity index (χ0v) is 16.0. The van der Waals surface area contributed by atoms with Gasteiger partial charge in [0.25, 0.3) is 5.91 Å². The number of aliphatic hydroxyl groups is 1. The number of carbonyl (C=O) groups is 2. The van der Waals surface area contributed by atoms with E-state index in [0.29, 0.717) is 16.1 Å². The predicted molar refractivity (Wildman–Crippen MR) is 108 cm³/mol. The number of rotatable bonds is 4. The van der Waals surface area contributed by atoms with Crippen molar-refractivity contribution in [1.29, 1.82) is 0 Å². The molecule has 0 aromatic heterocycles. The van der Waals surface area contributed by atoms with Crippen LogP contribution < -0.4 is 5.32 Å². The van der Waals surface area contributed by atoms with Gasteiger partial charge in [-0.05, 0) is 47.0 Å². The Labute approximate surface area is 167 Å². The fraction of sp³-hybridized carbons (Fsp3) is 0.182. The first kappa shape index (κ1) is 18.5. The average molecular weight is 395 g/mol. The highest BCUT2D eigenvalue weighted by Gasteiger charge is 2.49. The van der Waals surface area contributed by atoms with Crippen LogP contribution in [0.15, 0.2) is 66.7 Å². The Morgan fingerprint density at radius 1 is 1.04 bits per heavy atom. The van der Waals surface area contributed by atoms with E-state index in [2.05, 4.69) is 5.32 Å². The Bertz CT molecular complexity index is 1070. The molecule has 1 aliphatic rings. The number of carbonyl (C=O) groups excluding carboxylic acids is 2. The van der Waals surface area contributed by atoms with Gasteiger partial charge in [-0.15, -0.1) is 0 Å². The number of amides is 3. The lowest BCUT2D eigenvalue weighted by molar-refractivity contribution is -0.132. The summed E-state index contributed by atoms with van der Waals surface area (Å²) in [4.78, 5) is 26.7. The second-order valence-electron chi connectivity index (χ2n) is 7.10. The van der Waals surface area contributed by atoms with Crippen LogP contribution in [0.5, 0.6) is 0 Å². The summed E-state index contributed by atoms with van der Waals surface area (Å²) >= 11 is 5.87. The first-order chi connectivity index (χ1) is 13.4. The second-order valence-corrected chi connectivity index (χ2v) is 7.54. The molecule has 3 amide bonds. The number of imide groups is 1. The van der Waals surface area contributed by atoms with Crippen LogP contribution >= 0.6 is 11.6 Å². The highest BCUT2D eigenvalue weighted by molar-refractivity contribution is 6.30. The van der Waals surface area contributed by atoms with Gasteiger partial charge >= 0.3 is 6.03 Å². The third-order valence-corrected chi connectivity index (χ3v) is 5.46. The Balaban J connectivity index is 1.60. The molecule has 1 saturated heterocycles. The van der Waals surface area contributed by atoms with Gasteiger partial charge in [0.05, 0.1) is 12.6 Å². The maximum Gasteiger partial charge on any atom is 0.325 e. The fourth-order valence-corrected chi connectivity index (χ4v) is 3.65. The lowest BCUT2D eigenvalue weighted by atomic mass is 9.90. The van der Waals surface area contributed by atoms with E-state index < -0.39 is 17.7 Å². The van der Waals surface area contributed by atoms with Crippen LogP contribution in [-0.4, -0.2) is 28.5 Å². The maximum absolute atomic E-state index is 13.1. The summed E-state index contributed by atoms with van der Waals surface area (Å²) in [6.45, 7) is 1.56. The molecule has 4 rings (SSSR count). The molecule has 2 unspecified atom stereocenters. The molecular weight excluding hydrogens is 376 g/mol. The Kier molecular flexibility index (Phi) is 4.57. The molecule has 0 spiro atoms. The van der Waals surface area contributed by atoms with Crippen LogP contribution in [0.25, 0.3) is 10.8 Å². The summed E-state index contributed by atoms with van der Waals surface area (Å²) in [6.07, 6.45) is -0.995. The monoisotopic (exact) mass is 394 g/mol. The number of aliphatic hydroxyl groups excluding tert-OH is 1. The van der Waals surface area contributed by atoms with Crippen molar-refractivity contribution in [2.24, 2.45) is 0 Å². The van der Waals surface area contributed by atoms with Crippen LogP contribution in [0, 0.1) is 0 Å². The quantitative estimate of drug-likeness (QED) is 0.657. The van der Waals surface area contributed by atoms with Crippen molar-refractivity contribution >= 4 is 34.3 Å². The zero-order chi connectivity index (χ0) is 19.9. The summed E-state index contributed by atoms with van der Waals surface area (Å²) in [5.41, 5.74) is 0.109. The van der Waals surface area contributed by atoms with E-state index in [1.54, 1.807) is 31.2 Å². The van der Waals surface area contributed by atoms with Gasteiger partial charge in [-0.2, -0.15) is 0 Å². The smallest absolute Gasteiger partial charge is 0.325 e. The van der Waals surface area contributed by atoms with Gasteiger partial charge in [-0.1, -0.05) is 60.1 Å². The molecule has 5 nitrogen and oxygen atoms in total. The number of hydrogen-bond acceptors (Lipinski definition) is 3. The molecule has 1 fully saturated rings. The molecule has 0 radical (unpaired) electrons. The Morgan fingerprint density at radius 3 is 2.43 bits per heavy atom. The summed E-state index contributed by atoms with van der Waals surface area (Å²) in [5.74, 6) is -0.388. The maximum atomic E-state index is 13.1. The van der Waals surface area contributed by atoms with E-state index in [4.69, 9.17) is 11.6 Å². The first-order valence-electron chi connectivity index (χ1n) is 8.95. The van der Waals surface area contributed by atoms with Gasteiger partial charge in [0.15, 0.2) is 0 Å². The van der Waals surface area contributed by atoms with Crippen molar-refractivity contribution in [3.63, 3.8) is 0 Å². The van der Waals surface area contributed by atoms with Gasteiger partial charge in [0.2, 0.25) is 0 Å². The highest BCUT2D eigenvalue weighted by Crippen LogP contribution is 2.32. The van der Waals surface area contributed by atoms with E-state index in [1.807, 2.05) is 42.5 Å². The predicted octanol–water partition coefficient (Wildman–Crippen LogP) is 3.99. The van der Waals surface area contributed by atoms with E-state index in [-0.39, 0.29) is 12.5 Å². The Morgan fingerprint density at radius 2 is 1.71 bits per heavy atom. The molecule has 2 atom stereocenters. The average Bonchev–Trinajstić information content (AvgIpc) is 2.92. The molecule has 3 aromatic carbocycles. The van der Waals surface area contributed by atoms with Crippen molar-refractivity contribution in [3.8, 4) is 0 Å². The number of nitrogens with one attached hydrogen (secondary N) is 1. The minimum Gasteiger partial charge on any atom is -0.387 e. The van der Waals surface area contributed by atoms with Crippen molar-refractivity contribution in [2.45, 2.75) is 18.6 Å². The Hall–Kier alpha value is -2.89. The largest absolute Gasteiger partial charge is 0.387 e. The first-order valence-corrected chi connectivity index (χ1v) is 9.33. The number of benzene rings is 3. The molecule has 1 heterocycles. The van der Waals surface area contributed by atoms with Crippen LogP contribution in [-0.2, 0) is 10.3 Å². The minimum absolute atomic E-state index is 0.129. The standard InChI is InChI=1S/C22H19ClN2O3/c1-22(17-9-6-14-4-2-3-5-16(14)12-17)20(27)25(21(28)24-22)13-19(26)15-7-10-18(23)11-8-15/h2-12,19,26H,13H2,1H3,(H,24,28). The van der Waals surface area contributed by atoms with E-state index in [0.717, 1.165) is 15.7 Å². The summed E-state index contributed by atoms with van der Waals surface area (Å²) in [7, 11) is 0. The zero-order valence-electron chi connectivity index (χ0n) is 15.2. The lowest BCUT2D eigenvalue weighted by Crippen LogP contribution is -2.41. The van der Waals surface area contributed by atoms with Crippen molar-refractivity contribution < 1.29 is 14.7 Å². The number of β-amino-alcohol motifs (C(OH)–C–C–N with tert-alkyl or cyclic N) is 1. The van der Waals surface area contributed by atoms with Gasteiger partial charge in [-0.25, -0.2) is 4.79 Å². The fourth-order valence-electron chi connectivity index (χ4n) is 3.52. The van der Waals surface area contributed by atoms with Gasteiger partial charge < -0.3 is 10.4 Å². The van der Waals surface area contributed by atoms with Crippen molar-refractivity contribution in [1.82, 2.24) is 10.2 Å². The van der Waals surface area contributed by atoms with Crippen molar-refractivity contribution in [2.75, 3.05) is 6.54 Å². The highest BCUT2D eigenvalue weighted by atomic mass is 35.5. The van der Waals surface area contributed by atoms with E-state index in [9.17, 15) is 14.7 Å². The SMILES string of the molecule is CC1(c2ccc3ccccc3c2)NC(=O)N(CC(O)c2ccc(Cl)cc2)C1=O. The topological polar surface area (TPSA) is 69.6 Å². The second kappa shape index (κ2) is 6.93. The number of halogens is 1. The lowest BCUT2D eigenvalue weighted by Gasteiger charge is -2.23. The third kappa shape index (κ3) is 3.13. The molecule has 1 aliphatic heterocycles. The number of hydrogen-bond donors (Lipinski definition) is 2. The van der Waals surface area contributed by atoms with Crippen LogP contribution in [0.3, 0.4) is 0 Å². The molecule has 0 aliphatic carbocycles. The summed E-state index contributed by atoms with van der Waals surface area (Å²) < 4.78 is 0. The normalized spacial score (nSPS) is 20.5. The molecular formula is C22H19ClN2O3. The van der Waals surface area contributed by atoms with Crippen molar-refractivity contribution in [3.05, 3.63) is 82.9 Å².